The van der Waals surface area contributed by atoms with Crippen LogP contribution in [0.15, 0.2) is 12.3 Å². The van der Waals surface area contributed by atoms with Crippen molar-refractivity contribution in [1.82, 2.24) is 24.5 Å². The molecular formula is C14H21N5O2. The molecule has 1 amide bonds. The second-order valence-electron chi connectivity index (χ2n) is 5.09. The molecule has 21 heavy (non-hydrogen) atoms. The molecule has 2 aromatic heterocycles. The maximum Gasteiger partial charge on any atom is 0.274 e. The van der Waals surface area contributed by atoms with E-state index in [-0.39, 0.29) is 5.91 Å². The predicted octanol–water partition coefficient (Wildman–Crippen LogP) is 1.11. The Labute approximate surface area is 124 Å². The lowest BCUT2D eigenvalue weighted by atomic mass is 10.2. The van der Waals surface area contributed by atoms with E-state index >= 15 is 0 Å². The van der Waals surface area contributed by atoms with Crippen molar-refractivity contribution in [2.24, 2.45) is 7.05 Å². The average Bonchev–Trinajstić information content (AvgIpc) is 2.99. The van der Waals surface area contributed by atoms with E-state index in [1.54, 1.807) is 36.0 Å². The summed E-state index contributed by atoms with van der Waals surface area (Å²) in [5.41, 5.74) is 3.50. The van der Waals surface area contributed by atoms with Crippen molar-refractivity contribution in [2.45, 2.75) is 27.1 Å². The van der Waals surface area contributed by atoms with Crippen LogP contribution < -0.4 is 0 Å². The third-order valence-corrected chi connectivity index (χ3v) is 3.52. The van der Waals surface area contributed by atoms with Gasteiger partial charge in [-0.2, -0.15) is 10.2 Å². The van der Waals surface area contributed by atoms with Crippen molar-refractivity contribution in [3.05, 3.63) is 34.9 Å². The van der Waals surface area contributed by atoms with E-state index in [0.29, 0.717) is 19.0 Å². The standard InChI is InChI=1S/C14H21N5O2/c1-10-12(11(2)18(4)15-10)8-17(3)14(20)13-6-7-19(16-13)9-21-5/h6-7H,8-9H2,1-5H3. The summed E-state index contributed by atoms with van der Waals surface area (Å²) in [6.07, 6.45) is 1.73. The molecule has 0 aromatic carbocycles. The average molecular weight is 291 g/mol. The maximum atomic E-state index is 12.4. The maximum absolute atomic E-state index is 12.4. The first-order chi connectivity index (χ1) is 9.93. The number of methoxy groups -OCH3 is 1. The van der Waals surface area contributed by atoms with Crippen LogP contribution in [0, 0.1) is 13.8 Å². The number of carbonyl (C=O) groups excluding carboxylic acids is 1. The molecule has 7 nitrogen and oxygen atoms in total. The fraction of sp³-hybridized carbons (Fsp3) is 0.500. The van der Waals surface area contributed by atoms with E-state index in [0.717, 1.165) is 17.0 Å². The summed E-state index contributed by atoms with van der Waals surface area (Å²) in [7, 11) is 5.26. The number of amides is 1. The number of aromatic nitrogens is 4. The Kier molecular flexibility index (Phi) is 4.42. The van der Waals surface area contributed by atoms with Gasteiger partial charge in [0.25, 0.3) is 5.91 Å². The van der Waals surface area contributed by atoms with E-state index in [9.17, 15) is 4.79 Å². The van der Waals surface area contributed by atoms with Crippen LogP contribution in [0.25, 0.3) is 0 Å². The number of ether oxygens (including phenoxy) is 1. The van der Waals surface area contributed by atoms with Gasteiger partial charge in [-0.05, 0) is 19.9 Å². The fourth-order valence-electron chi connectivity index (χ4n) is 2.23. The Morgan fingerprint density at radius 3 is 2.67 bits per heavy atom. The summed E-state index contributed by atoms with van der Waals surface area (Å²) >= 11 is 0. The van der Waals surface area contributed by atoms with Gasteiger partial charge in [-0.15, -0.1) is 0 Å². The Morgan fingerprint density at radius 1 is 1.38 bits per heavy atom. The molecule has 0 fully saturated rings. The molecule has 7 heteroatoms. The van der Waals surface area contributed by atoms with E-state index in [4.69, 9.17) is 4.74 Å². The lowest BCUT2D eigenvalue weighted by Gasteiger charge is -2.16. The lowest BCUT2D eigenvalue weighted by molar-refractivity contribution is 0.0773. The minimum atomic E-state index is -0.118. The Morgan fingerprint density at radius 2 is 2.10 bits per heavy atom. The quantitative estimate of drug-likeness (QED) is 0.827. The number of carbonyl (C=O) groups is 1. The number of hydrogen-bond donors (Lipinski definition) is 0. The number of hydrogen-bond acceptors (Lipinski definition) is 4. The highest BCUT2D eigenvalue weighted by Gasteiger charge is 2.18. The van der Waals surface area contributed by atoms with Crippen LogP contribution in [-0.2, 0) is 25.1 Å². The summed E-state index contributed by atoms with van der Waals surface area (Å²) in [6, 6.07) is 1.70. The first-order valence-electron chi connectivity index (χ1n) is 6.71. The Bertz CT molecular complexity index is 644. The summed E-state index contributed by atoms with van der Waals surface area (Å²) in [6.45, 7) is 4.80. The van der Waals surface area contributed by atoms with Crippen molar-refractivity contribution in [3.63, 3.8) is 0 Å². The van der Waals surface area contributed by atoms with Crippen LogP contribution in [0.1, 0.15) is 27.4 Å². The van der Waals surface area contributed by atoms with Crippen LogP contribution in [0.2, 0.25) is 0 Å². The van der Waals surface area contributed by atoms with Gasteiger partial charge in [-0.3, -0.25) is 9.48 Å². The molecule has 114 valence electrons. The van der Waals surface area contributed by atoms with Gasteiger partial charge in [0.05, 0.1) is 5.69 Å². The SMILES string of the molecule is COCn1ccc(C(=O)N(C)Cc2c(C)nn(C)c2C)n1. The van der Waals surface area contributed by atoms with Gasteiger partial charge in [0.1, 0.15) is 12.4 Å². The van der Waals surface area contributed by atoms with E-state index in [1.165, 1.54) is 0 Å². The van der Waals surface area contributed by atoms with Gasteiger partial charge >= 0.3 is 0 Å². The zero-order chi connectivity index (χ0) is 15.6. The minimum Gasteiger partial charge on any atom is -0.362 e. The molecule has 0 bridgehead atoms. The topological polar surface area (TPSA) is 65.2 Å². The molecule has 0 saturated carbocycles. The Balaban J connectivity index is 2.11. The fourth-order valence-corrected chi connectivity index (χ4v) is 2.23. The van der Waals surface area contributed by atoms with Crippen molar-refractivity contribution < 1.29 is 9.53 Å². The largest absolute Gasteiger partial charge is 0.362 e. The smallest absolute Gasteiger partial charge is 0.274 e. The van der Waals surface area contributed by atoms with Crippen molar-refractivity contribution in [2.75, 3.05) is 14.2 Å². The van der Waals surface area contributed by atoms with Gasteiger partial charge in [0, 0.05) is 45.2 Å². The number of rotatable bonds is 5. The Hall–Kier alpha value is -2.15. The summed E-state index contributed by atoms with van der Waals surface area (Å²) in [5.74, 6) is -0.118. The first-order valence-corrected chi connectivity index (χ1v) is 6.71. The predicted molar refractivity (Wildman–Crippen MR) is 77.7 cm³/mol. The van der Waals surface area contributed by atoms with Gasteiger partial charge in [0.15, 0.2) is 0 Å². The normalized spacial score (nSPS) is 10.9. The van der Waals surface area contributed by atoms with Crippen LogP contribution in [0.4, 0.5) is 0 Å². The second kappa shape index (κ2) is 6.09. The zero-order valence-corrected chi connectivity index (χ0v) is 13.1. The first kappa shape index (κ1) is 15.2. The van der Waals surface area contributed by atoms with Crippen molar-refractivity contribution in [1.29, 1.82) is 0 Å². The highest BCUT2D eigenvalue weighted by molar-refractivity contribution is 5.92. The zero-order valence-electron chi connectivity index (χ0n) is 13.1. The monoisotopic (exact) mass is 291 g/mol. The second-order valence-corrected chi connectivity index (χ2v) is 5.09. The lowest BCUT2D eigenvalue weighted by Crippen LogP contribution is -2.27. The molecule has 0 N–H and O–H groups in total. The summed E-state index contributed by atoms with van der Waals surface area (Å²) in [5, 5.41) is 8.56. The minimum absolute atomic E-state index is 0.118. The molecule has 0 atom stereocenters. The highest BCUT2D eigenvalue weighted by Crippen LogP contribution is 2.15. The van der Waals surface area contributed by atoms with Gasteiger partial charge in [-0.25, -0.2) is 4.68 Å². The van der Waals surface area contributed by atoms with E-state index in [2.05, 4.69) is 10.2 Å². The van der Waals surface area contributed by atoms with Crippen LogP contribution in [-0.4, -0.2) is 44.5 Å². The molecule has 2 rings (SSSR count). The molecule has 0 aliphatic carbocycles. The summed E-state index contributed by atoms with van der Waals surface area (Å²) < 4.78 is 8.39. The third kappa shape index (κ3) is 3.13. The van der Waals surface area contributed by atoms with Gasteiger partial charge < -0.3 is 9.64 Å². The molecule has 0 spiro atoms. The molecule has 0 aliphatic rings. The van der Waals surface area contributed by atoms with Gasteiger partial charge in [-0.1, -0.05) is 0 Å². The van der Waals surface area contributed by atoms with Crippen molar-refractivity contribution >= 4 is 5.91 Å². The molecular weight excluding hydrogens is 270 g/mol. The number of nitrogens with zero attached hydrogens (tertiary/aromatic N) is 5. The van der Waals surface area contributed by atoms with Crippen LogP contribution in [0.3, 0.4) is 0 Å². The highest BCUT2D eigenvalue weighted by atomic mass is 16.5. The van der Waals surface area contributed by atoms with Crippen molar-refractivity contribution in [3.8, 4) is 0 Å². The molecule has 0 radical (unpaired) electrons. The van der Waals surface area contributed by atoms with E-state index in [1.807, 2.05) is 25.6 Å². The van der Waals surface area contributed by atoms with Gasteiger partial charge in [0.2, 0.25) is 0 Å². The molecule has 0 saturated heterocycles. The molecule has 2 heterocycles. The molecule has 2 aromatic rings. The molecule has 0 aliphatic heterocycles. The molecule has 0 unspecified atom stereocenters. The number of aryl methyl sites for hydroxylation is 2. The van der Waals surface area contributed by atoms with Crippen LogP contribution in [0.5, 0.6) is 0 Å². The summed E-state index contributed by atoms with van der Waals surface area (Å²) in [4.78, 5) is 14.0. The van der Waals surface area contributed by atoms with Crippen LogP contribution >= 0.6 is 0 Å². The van der Waals surface area contributed by atoms with E-state index < -0.39 is 0 Å². The third-order valence-electron chi connectivity index (χ3n) is 3.52.